The summed E-state index contributed by atoms with van der Waals surface area (Å²) in [5.41, 5.74) is -3.06. The molecule has 31 heavy (non-hydrogen) atoms. The van der Waals surface area contributed by atoms with Crippen molar-refractivity contribution in [2.24, 2.45) is 9.98 Å². The standard InChI is InChI=1S/C20H15F3N6O2/c1-4-25-13(10-24-3)27-18(30)14-11(2)26-17-15(12-8-6-5-7-9-12)16(20(21,22)23)28-29(17)19(14)31/h1,5-10,28H,2-3H3,(H,25,27,30). The van der Waals surface area contributed by atoms with E-state index < -0.39 is 28.9 Å². The first-order valence-corrected chi connectivity index (χ1v) is 8.73. The van der Waals surface area contributed by atoms with Gasteiger partial charge in [-0.05, 0) is 12.5 Å². The van der Waals surface area contributed by atoms with Crippen LogP contribution in [-0.4, -0.2) is 39.6 Å². The van der Waals surface area contributed by atoms with Crippen molar-refractivity contribution in [3.05, 3.63) is 57.6 Å². The summed E-state index contributed by atoms with van der Waals surface area (Å²) in [6.45, 7) is 1.34. The zero-order valence-electron chi connectivity index (χ0n) is 16.3. The van der Waals surface area contributed by atoms with Crippen molar-refractivity contribution in [3.8, 4) is 23.6 Å². The number of carbonyl (C=O) groups excluding carboxylic acids is 1. The number of alkyl halides is 3. The van der Waals surface area contributed by atoms with Gasteiger partial charge in [-0.15, -0.1) is 0 Å². The summed E-state index contributed by atoms with van der Waals surface area (Å²) in [6, 6.07) is 9.67. The molecule has 0 atom stereocenters. The first-order valence-electron chi connectivity index (χ1n) is 8.73. The third-order valence-electron chi connectivity index (χ3n) is 4.21. The number of benzene rings is 1. The number of amides is 1. The van der Waals surface area contributed by atoms with Crippen molar-refractivity contribution < 1.29 is 18.0 Å². The topological polar surface area (TPSA) is 104 Å². The molecule has 2 aromatic heterocycles. The van der Waals surface area contributed by atoms with Crippen LogP contribution < -0.4 is 10.9 Å². The van der Waals surface area contributed by atoms with Gasteiger partial charge in [-0.1, -0.05) is 36.8 Å². The lowest BCUT2D eigenvalue weighted by molar-refractivity contribution is -0.140. The summed E-state index contributed by atoms with van der Waals surface area (Å²) in [4.78, 5) is 37.0. The van der Waals surface area contributed by atoms with Gasteiger partial charge in [0.25, 0.3) is 11.5 Å². The zero-order valence-corrected chi connectivity index (χ0v) is 16.3. The number of amidine groups is 1. The van der Waals surface area contributed by atoms with E-state index in [1.165, 1.54) is 26.1 Å². The van der Waals surface area contributed by atoms with Crippen LogP contribution >= 0.6 is 0 Å². The van der Waals surface area contributed by atoms with Crippen LogP contribution in [-0.2, 0) is 6.18 Å². The number of aromatic amines is 1. The number of aromatic nitrogens is 3. The van der Waals surface area contributed by atoms with Crippen LogP contribution in [0.15, 0.2) is 45.1 Å². The maximum Gasteiger partial charge on any atom is 0.433 e. The van der Waals surface area contributed by atoms with Gasteiger partial charge in [0.15, 0.2) is 11.5 Å². The highest BCUT2D eigenvalue weighted by Crippen LogP contribution is 2.38. The van der Waals surface area contributed by atoms with Crippen LogP contribution in [0.1, 0.15) is 21.7 Å². The summed E-state index contributed by atoms with van der Waals surface area (Å²) < 4.78 is 41.7. The van der Waals surface area contributed by atoms with Crippen molar-refractivity contribution in [1.82, 2.24) is 19.9 Å². The maximum absolute atomic E-state index is 13.7. The Morgan fingerprint density at radius 3 is 2.58 bits per heavy atom. The summed E-state index contributed by atoms with van der Waals surface area (Å²) in [5.74, 6) is -1.06. The summed E-state index contributed by atoms with van der Waals surface area (Å²) >= 11 is 0. The average molecular weight is 428 g/mol. The Hall–Kier alpha value is -4.20. The first kappa shape index (κ1) is 21.5. The summed E-state index contributed by atoms with van der Waals surface area (Å²) in [7, 11) is 1.41. The quantitative estimate of drug-likeness (QED) is 0.380. The number of nitrogens with one attached hydrogen (secondary N) is 2. The minimum atomic E-state index is -4.80. The van der Waals surface area contributed by atoms with E-state index in [1.54, 1.807) is 18.2 Å². The summed E-state index contributed by atoms with van der Waals surface area (Å²) in [5, 5.41) is 4.34. The molecule has 2 N–H and O–H groups in total. The minimum absolute atomic E-state index is 0.0686. The van der Waals surface area contributed by atoms with Gasteiger partial charge in [-0.25, -0.2) is 4.98 Å². The number of rotatable bonds is 3. The van der Waals surface area contributed by atoms with Gasteiger partial charge in [0, 0.05) is 13.1 Å². The van der Waals surface area contributed by atoms with Crippen molar-refractivity contribution in [3.63, 3.8) is 0 Å². The van der Waals surface area contributed by atoms with Crippen molar-refractivity contribution in [2.75, 3.05) is 7.05 Å². The van der Waals surface area contributed by atoms with Gasteiger partial charge in [-0.3, -0.25) is 19.7 Å². The molecule has 0 aliphatic rings. The van der Waals surface area contributed by atoms with E-state index in [0.717, 1.165) is 6.21 Å². The van der Waals surface area contributed by atoms with Gasteiger partial charge < -0.3 is 5.32 Å². The molecule has 158 valence electrons. The maximum atomic E-state index is 13.7. The van der Waals surface area contributed by atoms with Crippen molar-refractivity contribution in [2.45, 2.75) is 13.1 Å². The molecule has 1 aromatic carbocycles. The Labute approximate surface area is 173 Å². The highest BCUT2D eigenvalue weighted by atomic mass is 19.4. The number of fused-ring (bicyclic) bond motifs is 1. The fourth-order valence-corrected chi connectivity index (χ4v) is 2.98. The number of hydrogen-bond donors (Lipinski definition) is 2. The fourth-order valence-electron chi connectivity index (χ4n) is 2.98. The largest absolute Gasteiger partial charge is 0.433 e. The van der Waals surface area contributed by atoms with E-state index in [2.05, 4.69) is 20.3 Å². The van der Waals surface area contributed by atoms with E-state index >= 15 is 0 Å². The van der Waals surface area contributed by atoms with Gasteiger partial charge in [0.05, 0.1) is 17.5 Å². The van der Waals surface area contributed by atoms with Crippen molar-refractivity contribution >= 4 is 23.6 Å². The Morgan fingerprint density at radius 2 is 2.00 bits per heavy atom. The molecule has 0 aliphatic carbocycles. The minimum Gasteiger partial charge on any atom is -0.304 e. The highest BCUT2D eigenvalue weighted by molar-refractivity contribution is 6.34. The SMILES string of the molecule is C#CN=C(C=NC)NC(=O)c1c(C)nc2c(-c3ccccc3)c(C(F)(F)F)[nH]n2c1=O. The van der Waals surface area contributed by atoms with Crippen LogP contribution in [0, 0.1) is 19.4 Å². The molecule has 11 heteroatoms. The molecular formula is C20H15F3N6O2. The van der Waals surface area contributed by atoms with Gasteiger partial charge in [0.1, 0.15) is 11.3 Å². The fraction of sp³-hybridized carbons (Fsp3) is 0.150. The number of terminal acetylenes is 1. The molecule has 0 fully saturated rings. The van der Waals surface area contributed by atoms with Crippen LogP contribution in [0.5, 0.6) is 0 Å². The Kier molecular flexibility index (Phi) is 5.74. The zero-order chi connectivity index (χ0) is 22.8. The smallest absolute Gasteiger partial charge is 0.304 e. The molecule has 0 spiro atoms. The molecule has 2 heterocycles. The third-order valence-corrected chi connectivity index (χ3v) is 4.21. The third kappa shape index (κ3) is 4.09. The number of aryl methyl sites for hydroxylation is 1. The van der Waals surface area contributed by atoms with Crippen LogP contribution in [0.25, 0.3) is 16.8 Å². The predicted molar refractivity (Wildman–Crippen MR) is 109 cm³/mol. The number of H-pyrrole nitrogens is 1. The van der Waals surface area contributed by atoms with Crippen molar-refractivity contribution in [1.29, 1.82) is 0 Å². The molecule has 3 rings (SSSR count). The van der Waals surface area contributed by atoms with E-state index in [9.17, 15) is 22.8 Å². The molecule has 0 bridgehead atoms. The highest BCUT2D eigenvalue weighted by Gasteiger charge is 2.38. The molecule has 0 unspecified atom stereocenters. The first-order chi connectivity index (χ1) is 14.7. The second-order valence-electron chi connectivity index (χ2n) is 6.23. The molecular weight excluding hydrogens is 413 g/mol. The second kappa shape index (κ2) is 8.27. The monoisotopic (exact) mass is 428 g/mol. The normalized spacial score (nSPS) is 12.3. The van der Waals surface area contributed by atoms with E-state index in [-0.39, 0.29) is 28.3 Å². The number of aliphatic imine (C=N–C) groups is 2. The van der Waals surface area contributed by atoms with Gasteiger partial charge in [-0.2, -0.15) is 22.7 Å². The molecule has 0 saturated heterocycles. The van der Waals surface area contributed by atoms with Crippen LogP contribution in [0.4, 0.5) is 13.2 Å². The number of carbonyl (C=O) groups is 1. The predicted octanol–water partition coefficient (Wildman–Crippen LogP) is 2.44. The number of nitrogens with zero attached hydrogens (tertiary/aromatic N) is 4. The molecule has 3 aromatic rings. The Balaban J connectivity index is 2.26. The molecule has 0 saturated carbocycles. The van der Waals surface area contributed by atoms with E-state index in [1.807, 2.05) is 11.1 Å². The molecule has 1 amide bonds. The lowest BCUT2D eigenvalue weighted by Crippen LogP contribution is -2.37. The number of halogens is 3. The van der Waals surface area contributed by atoms with E-state index in [0.29, 0.717) is 4.52 Å². The number of hydrogen-bond acceptors (Lipinski definition) is 5. The Bertz CT molecular complexity index is 1310. The summed E-state index contributed by atoms with van der Waals surface area (Å²) in [6.07, 6.45) is 1.44. The van der Waals surface area contributed by atoms with Gasteiger partial charge >= 0.3 is 6.18 Å². The lowest BCUT2D eigenvalue weighted by Gasteiger charge is -2.08. The van der Waals surface area contributed by atoms with Crippen LogP contribution in [0.2, 0.25) is 0 Å². The average Bonchev–Trinajstić information content (AvgIpc) is 3.09. The van der Waals surface area contributed by atoms with E-state index in [4.69, 9.17) is 6.42 Å². The molecule has 0 aliphatic heterocycles. The second-order valence-corrected chi connectivity index (χ2v) is 6.23. The Morgan fingerprint density at radius 1 is 1.32 bits per heavy atom. The van der Waals surface area contributed by atoms with Gasteiger partial charge in [0.2, 0.25) is 0 Å². The van der Waals surface area contributed by atoms with Crippen LogP contribution in [0.3, 0.4) is 0 Å². The lowest BCUT2D eigenvalue weighted by atomic mass is 10.1. The molecule has 0 radical (unpaired) electrons. The molecule has 8 nitrogen and oxygen atoms in total.